The Labute approximate surface area is 208 Å². The second-order valence-electron chi connectivity index (χ2n) is 6.63. The topological polar surface area (TPSA) is 78.8 Å². The van der Waals surface area contributed by atoms with Gasteiger partial charge in [-0.1, -0.05) is 79.9 Å². The Morgan fingerprint density at radius 1 is 1.00 bits per heavy atom. The number of hydrazone groups is 1. The minimum Gasteiger partial charge on any atom is -0.272 e. The van der Waals surface area contributed by atoms with E-state index < -0.39 is 22.5 Å². The van der Waals surface area contributed by atoms with Crippen LogP contribution < -0.4 is 5.43 Å². The molecular formula is C22H18Br2ClN3O3S. The number of benzene rings is 3. The number of nitrogens with zero attached hydrogens (tertiary/aromatic N) is 2. The zero-order chi connectivity index (χ0) is 23.1. The molecule has 0 radical (unpaired) electrons. The molecule has 1 N–H and O–H groups in total. The van der Waals surface area contributed by atoms with Crippen LogP contribution in [0.1, 0.15) is 11.1 Å². The second-order valence-corrected chi connectivity index (χ2v) is 10.7. The molecule has 6 nitrogen and oxygen atoms in total. The van der Waals surface area contributed by atoms with Gasteiger partial charge in [0, 0.05) is 26.1 Å². The molecule has 0 aromatic heterocycles. The Morgan fingerprint density at radius 2 is 1.66 bits per heavy atom. The second kappa shape index (κ2) is 11.2. The van der Waals surface area contributed by atoms with E-state index in [1.165, 1.54) is 18.3 Å². The Balaban J connectivity index is 1.82. The number of halogens is 3. The lowest BCUT2D eigenvalue weighted by Gasteiger charge is -2.22. The van der Waals surface area contributed by atoms with Gasteiger partial charge in [-0.25, -0.2) is 13.8 Å². The molecule has 3 aromatic rings. The molecule has 1 amide bonds. The molecule has 10 heteroatoms. The van der Waals surface area contributed by atoms with E-state index in [0.717, 1.165) is 18.8 Å². The first-order chi connectivity index (χ1) is 15.3. The van der Waals surface area contributed by atoms with Crippen molar-refractivity contribution in [3.8, 4) is 0 Å². The smallest absolute Gasteiger partial charge is 0.255 e. The number of amides is 1. The SMILES string of the molecule is O=C(CN(Cc1ccccc1Cl)S(=O)(=O)c1ccc(Br)cc1)N/N=C/c1ccccc1Br. The van der Waals surface area contributed by atoms with Crippen LogP contribution in [0.2, 0.25) is 5.02 Å². The summed E-state index contributed by atoms with van der Waals surface area (Å²) in [4.78, 5) is 12.6. The van der Waals surface area contributed by atoms with Crippen molar-refractivity contribution in [2.75, 3.05) is 6.54 Å². The monoisotopic (exact) mass is 597 g/mol. The largest absolute Gasteiger partial charge is 0.272 e. The van der Waals surface area contributed by atoms with Gasteiger partial charge in [-0.3, -0.25) is 4.79 Å². The summed E-state index contributed by atoms with van der Waals surface area (Å²) < 4.78 is 29.2. The average molecular weight is 600 g/mol. The summed E-state index contributed by atoms with van der Waals surface area (Å²) in [6, 6.07) is 20.5. The summed E-state index contributed by atoms with van der Waals surface area (Å²) in [6.45, 7) is -0.504. The average Bonchev–Trinajstić information content (AvgIpc) is 2.76. The lowest BCUT2D eigenvalue weighted by Crippen LogP contribution is -2.39. The third-order valence-corrected chi connectivity index (χ3v) is 7.80. The summed E-state index contributed by atoms with van der Waals surface area (Å²) in [5.41, 5.74) is 3.73. The highest BCUT2D eigenvalue weighted by Crippen LogP contribution is 2.23. The van der Waals surface area contributed by atoms with Gasteiger partial charge in [-0.15, -0.1) is 0 Å². The minimum absolute atomic E-state index is 0.0669. The van der Waals surface area contributed by atoms with Crippen LogP contribution in [0.4, 0.5) is 0 Å². The number of hydrogen-bond donors (Lipinski definition) is 1. The van der Waals surface area contributed by atoms with Crippen LogP contribution in [-0.2, 0) is 21.4 Å². The normalized spacial score (nSPS) is 11.8. The van der Waals surface area contributed by atoms with Gasteiger partial charge < -0.3 is 0 Å². The van der Waals surface area contributed by atoms with Crippen molar-refractivity contribution in [2.45, 2.75) is 11.4 Å². The highest BCUT2D eigenvalue weighted by molar-refractivity contribution is 9.10. The van der Waals surface area contributed by atoms with Gasteiger partial charge in [0.2, 0.25) is 10.0 Å². The number of carbonyl (C=O) groups excluding carboxylic acids is 1. The maximum atomic E-state index is 13.3. The summed E-state index contributed by atoms with van der Waals surface area (Å²) in [7, 11) is -3.98. The van der Waals surface area contributed by atoms with Gasteiger partial charge in [-0.05, 0) is 42.0 Å². The van der Waals surface area contributed by atoms with Crippen molar-refractivity contribution in [1.82, 2.24) is 9.73 Å². The molecule has 0 fully saturated rings. The van der Waals surface area contributed by atoms with Crippen LogP contribution in [0.5, 0.6) is 0 Å². The molecule has 0 aliphatic heterocycles. The quantitative estimate of drug-likeness (QED) is 0.286. The maximum Gasteiger partial charge on any atom is 0.255 e. The van der Waals surface area contributed by atoms with Crippen LogP contribution in [0.3, 0.4) is 0 Å². The highest BCUT2D eigenvalue weighted by Gasteiger charge is 2.27. The van der Waals surface area contributed by atoms with E-state index >= 15 is 0 Å². The number of sulfonamides is 1. The standard InChI is InChI=1S/C22H18Br2ClN3O3S/c23-18-9-11-19(12-10-18)32(30,31)28(14-17-6-2-4-8-21(17)25)15-22(29)27-26-13-16-5-1-3-7-20(16)24/h1-13H,14-15H2,(H,27,29)/b26-13+. The van der Waals surface area contributed by atoms with Gasteiger partial charge in [0.05, 0.1) is 17.7 Å². The van der Waals surface area contributed by atoms with Crippen molar-refractivity contribution in [3.63, 3.8) is 0 Å². The molecule has 32 heavy (non-hydrogen) atoms. The lowest BCUT2D eigenvalue weighted by atomic mass is 10.2. The molecular weight excluding hydrogens is 582 g/mol. The highest BCUT2D eigenvalue weighted by atomic mass is 79.9. The molecule has 0 spiro atoms. The summed E-state index contributed by atoms with van der Waals surface area (Å²) in [5.74, 6) is -0.582. The van der Waals surface area contributed by atoms with Gasteiger partial charge in [-0.2, -0.15) is 9.41 Å². The first kappa shape index (κ1) is 24.6. The van der Waals surface area contributed by atoms with E-state index in [4.69, 9.17) is 11.6 Å². The molecule has 0 saturated carbocycles. The van der Waals surface area contributed by atoms with E-state index in [0.29, 0.717) is 10.6 Å². The van der Waals surface area contributed by atoms with Crippen LogP contribution >= 0.6 is 43.5 Å². The van der Waals surface area contributed by atoms with Crippen molar-refractivity contribution in [2.24, 2.45) is 5.10 Å². The Hall–Kier alpha value is -2.04. The van der Waals surface area contributed by atoms with Crippen LogP contribution in [0.25, 0.3) is 0 Å². The Bertz CT molecular complexity index is 1240. The third kappa shape index (κ3) is 6.49. The molecule has 166 valence electrons. The summed E-state index contributed by atoms with van der Waals surface area (Å²) in [6.07, 6.45) is 1.48. The predicted octanol–water partition coefficient (Wildman–Crippen LogP) is 5.21. The first-order valence-electron chi connectivity index (χ1n) is 9.33. The van der Waals surface area contributed by atoms with E-state index in [1.807, 2.05) is 24.3 Å². The molecule has 0 heterocycles. The van der Waals surface area contributed by atoms with Gasteiger partial charge in [0.15, 0.2) is 0 Å². The molecule has 0 aliphatic carbocycles. The fourth-order valence-electron chi connectivity index (χ4n) is 2.75. The van der Waals surface area contributed by atoms with E-state index in [1.54, 1.807) is 36.4 Å². The fourth-order valence-corrected chi connectivity index (χ4v) is 4.97. The van der Waals surface area contributed by atoms with E-state index in [-0.39, 0.29) is 11.4 Å². The zero-order valence-electron chi connectivity index (χ0n) is 16.6. The van der Waals surface area contributed by atoms with Crippen molar-refractivity contribution < 1.29 is 13.2 Å². The maximum absolute atomic E-state index is 13.3. The van der Waals surface area contributed by atoms with Gasteiger partial charge >= 0.3 is 0 Å². The molecule has 0 unspecified atom stereocenters. The lowest BCUT2D eigenvalue weighted by molar-refractivity contribution is -0.121. The fraction of sp³-hybridized carbons (Fsp3) is 0.0909. The van der Waals surface area contributed by atoms with Crippen LogP contribution in [0, 0.1) is 0 Å². The molecule has 3 rings (SSSR count). The molecule has 0 aliphatic rings. The van der Waals surface area contributed by atoms with Crippen LogP contribution in [-0.4, -0.2) is 31.4 Å². The van der Waals surface area contributed by atoms with Crippen molar-refractivity contribution in [3.05, 3.63) is 97.9 Å². The molecule has 0 atom stereocenters. The number of rotatable bonds is 8. The summed E-state index contributed by atoms with van der Waals surface area (Å²) >= 11 is 12.9. The zero-order valence-corrected chi connectivity index (χ0v) is 21.3. The molecule has 0 bridgehead atoms. The number of nitrogens with one attached hydrogen (secondary N) is 1. The van der Waals surface area contributed by atoms with E-state index in [9.17, 15) is 13.2 Å². The summed E-state index contributed by atoms with van der Waals surface area (Å²) in [5, 5.41) is 4.35. The van der Waals surface area contributed by atoms with Gasteiger partial charge in [0.25, 0.3) is 5.91 Å². The number of hydrogen-bond acceptors (Lipinski definition) is 4. The predicted molar refractivity (Wildman–Crippen MR) is 133 cm³/mol. The first-order valence-corrected chi connectivity index (χ1v) is 12.7. The van der Waals surface area contributed by atoms with Crippen molar-refractivity contribution in [1.29, 1.82) is 0 Å². The Morgan fingerprint density at radius 3 is 2.34 bits per heavy atom. The molecule has 3 aromatic carbocycles. The van der Waals surface area contributed by atoms with Gasteiger partial charge in [0.1, 0.15) is 0 Å². The van der Waals surface area contributed by atoms with E-state index in [2.05, 4.69) is 42.4 Å². The third-order valence-electron chi connectivity index (χ3n) is 4.37. The van der Waals surface area contributed by atoms with Crippen LogP contribution in [0.15, 0.2) is 91.7 Å². The van der Waals surface area contributed by atoms with Crippen molar-refractivity contribution >= 4 is 65.6 Å². The number of carbonyl (C=O) groups is 1. The molecule has 0 saturated heterocycles. The Kier molecular flexibility index (Phi) is 8.61. The minimum atomic E-state index is -3.98.